The lowest BCUT2D eigenvalue weighted by atomic mass is 10.2. The van der Waals surface area contributed by atoms with E-state index in [-0.39, 0.29) is 6.54 Å². The Kier molecular flexibility index (Phi) is 9.15. The van der Waals surface area contributed by atoms with E-state index in [9.17, 15) is 4.79 Å². The van der Waals surface area contributed by atoms with Crippen LogP contribution in [-0.2, 0) is 11.3 Å². The summed E-state index contributed by atoms with van der Waals surface area (Å²) in [4.78, 5) is 28.9. The first kappa shape index (κ1) is 25.5. The number of carboxylic acids is 1. The molecule has 5 N–H and O–H groups in total. The van der Waals surface area contributed by atoms with Gasteiger partial charge in [-0.3, -0.25) is 14.6 Å². The lowest BCUT2D eigenvalue weighted by Gasteiger charge is -2.21. The highest BCUT2D eigenvalue weighted by Crippen LogP contribution is 2.21. The van der Waals surface area contributed by atoms with Crippen molar-refractivity contribution in [2.75, 3.05) is 56.4 Å². The molecule has 1 aromatic carbocycles. The minimum Gasteiger partial charge on any atom is -0.480 e. The van der Waals surface area contributed by atoms with Gasteiger partial charge in [-0.1, -0.05) is 12.1 Å². The fraction of sp³-hybridized carbons (Fsp3) is 0.385. The van der Waals surface area contributed by atoms with E-state index in [0.717, 1.165) is 74.9 Å². The molecular formula is C26H34N8O2. The van der Waals surface area contributed by atoms with E-state index in [1.54, 1.807) is 12.4 Å². The van der Waals surface area contributed by atoms with Crippen molar-refractivity contribution in [2.45, 2.75) is 19.4 Å². The van der Waals surface area contributed by atoms with Crippen LogP contribution in [0.25, 0.3) is 11.3 Å². The van der Waals surface area contributed by atoms with Crippen molar-refractivity contribution in [3.8, 4) is 11.3 Å². The summed E-state index contributed by atoms with van der Waals surface area (Å²) in [6, 6.07) is 14.0. The van der Waals surface area contributed by atoms with E-state index in [1.807, 2.05) is 35.2 Å². The molecule has 0 aliphatic carbocycles. The molecule has 4 rings (SSSR count). The van der Waals surface area contributed by atoms with Crippen molar-refractivity contribution in [3.63, 3.8) is 0 Å². The molecule has 1 fully saturated rings. The van der Waals surface area contributed by atoms with Gasteiger partial charge in [0.15, 0.2) is 0 Å². The van der Waals surface area contributed by atoms with Crippen LogP contribution in [0.2, 0.25) is 0 Å². The second-order valence-electron chi connectivity index (χ2n) is 8.89. The lowest BCUT2D eigenvalue weighted by molar-refractivity contribution is -0.138. The van der Waals surface area contributed by atoms with Gasteiger partial charge in [-0.05, 0) is 61.8 Å². The van der Waals surface area contributed by atoms with Gasteiger partial charge in [-0.2, -0.15) is 0 Å². The second kappa shape index (κ2) is 12.9. The highest BCUT2D eigenvalue weighted by Gasteiger charge is 2.17. The van der Waals surface area contributed by atoms with Gasteiger partial charge in [0.05, 0.1) is 12.2 Å². The van der Waals surface area contributed by atoms with Crippen LogP contribution in [0, 0.1) is 0 Å². The summed E-state index contributed by atoms with van der Waals surface area (Å²) in [5.41, 5.74) is 9.35. The molecule has 0 unspecified atom stereocenters. The largest absolute Gasteiger partial charge is 0.480 e. The molecule has 3 aromatic rings. The number of pyridine rings is 1. The van der Waals surface area contributed by atoms with Gasteiger partial charge in [0.2, 0.25) is 5.95 Å². The predicted molar refractivity (Wildman–Crippen MR) is 141 cm³/mol. The van der Waals surface area contributed by atoms with Crippen molar-refractivity contribution in [1.82, 2.24) is 24.8 Å². The normalized spacial score (nSPS) is 14.8. The first-order chi connectivity index (χ1) is 17.6. The number of nitrogens with two attached hydrogens (primary N) is 1. The Morgan fingerprint density at radius 1 is 1.06 bits per heavy atom. The predicted octanol–water partition coefficient (Wildman–Crippen LogP) is 2.64. The number of nitrogens with zero attached hydrogens (tertiary/aromatic N) is 5. The summed E-state index contributed by atoms with van der Waals surface area (Å²) in [6.45, 7) is 5.76. The van der Waals surface area contributed by atoms with Crippen LogP contribution < -0.4 is 16.4 Å². The molecule has 0 spiro atoms. The third kappa shape index (κ3) is 7.70. The number of carboxylic acid groups (broad SMARTS) is 1. The van der Waals surface area contributed by atoms with E-state index in [4.69, 9.17) is 10.8 Å². The van der Waals surface area contributed by atoms with Gasteiger partial charge in [0.25, 0.3) is 0 Å². The van der Waals surface area contributed by atoms with Gasteiger partial charge in [0.1, 0.15) is 5.82 Å². The monoisotopic (exact) mass is 490 g/mol. The fourth-order valence-electron chi connectivity index (χ4n) is 4.21. The van der Waals surface area contributed by atoms with E-state index in [2.05, 4.69) is 42.6 Å². The second-order valence-corrected chi connectivity index (χ2v) is 8.89. The van der Waals surface area contributed by atoms with Gasteiger partial charge in [0, 0.05) is 56.4 Å². The van der Waals surface area contributed by atoms with Crippen molar-refractivity contribution in [1.29, 1.82) is 0 Å². The van der Waals surface area contributed by atoms with Crippen LogP contribution in [0.15, 0.2) is 54.9 Å². The van der Waals surface area contributed by atoms with E-state index in [1.165, 1.54) is 5.56 Å². The van der Waals surface area contributed by atoms with Gasteiger partial charge >= 0.3 is 5.97 Å². The SMILES string of the molecule is NCCCNc1ccc(-c2ccnc(Nc3cccc(CN4CCCN(CC(=O)O)CC4)c3)n2)cn1. The van der Waals surface area contributed by atoms with Crippen LogP contribution >= 0.6 is 0 Å². The Hall–Kier alpha value is -3.60. The van der Waals surface area contributed by atoms with Crippen molar-refractivity contribution >= 4 is 23.4 Å². The Labute approximate surface area is 211 Å². The smallest absolute Gasteiger partial charge is 0.317 e. The first-order valence-electron chi connectivity index (χ1n) is 12.3. The topological polar surface area (TPSA) is 133 Å². The molecule has 1 saturated heterocycles. The summed E-state index contributed by atoms with van der Waals surface area (Å²) < 4.78 is 0. The molecule has 10 heteroatoms. The number of aliphatic carboxylic acids is 1. The summed E-state index contributed by atoms with van der Waals surface area (Å²) in [6.07, 6.45) is 5.40. The number of benzene rings is 1. The maximum absolute atomic E-state index is 11.0. The summed E-state index contributed by atoms with van der Waals surface area (Å²) in [7, 11) is 0. The van der Waals surface area contributed by atoms with Gasteiger partial charge in [-0.25, -0.2) is 15.0 Å². The maximum Gasteiger partial charge on any atom is 0.317 e. The minimum absolute atomic E-state index is 0.109. The molecule has 10 nitrogen and oxygen atoms in total. The molecule has 0 amide bonds. The van der Waals surface area contributed by atoms with E-state index >= 15 is 0 Å². The Morgan fingerprint density at radius 3 is 2.72 bits per heavy atom. The standard InChI is InChI=1S/C26H34N8O2/c27-9-2-10-28-24-7-6-21(17-30-24)23-8-11-29-26(32-23)31-22-5-1-4-20(16-22)18-33-12-3-13-34(15-14-33)19-25(35)36/h1,4-8,11,16-17H,2-3,9-10,12-15,18-19,27H2,(H,28,30)(H,35,36)(H,29,31,32). The van der Waals surface area contributed by atoms with Crippen molar-refractivity contribution in [3.05, 3.63) is 60.4 Å². The summed E-state index contributed by atoms with van der Waals surface area (Å²) in [5.74, 6) is 0.571. The van der Waals surface area contributed by atoms with Crippen LogP contribution in [0.4, 0.5) is 17.5 Å². The molecule has 0 atom stereocenters. The zero-order valence-corrected chi connectivity index (χ0v) is 20.4. The molecule has 1 aliphatic rings. The molecule has 2 aromatic heterocycles. The van der Waals surface area contributed by atoms with Gasteiger partial charge in [-0.15, -0.1) is 0 Å². The van der Waals surface area contributed by atoms with Crippen LogP contribution in [0.3, 0.4) is 0 Å². The molecule has 0 saturated carbocycles. The Morgan fingerprint density at radius 2 is 1.92 bits per heavy atom. The van der Waals surface area contributed by atoms with Crippen molar-refractivity contribution in [2.24, 2.45) is 5.73 Å². The number of rotatable bonds is 11. The first-order valence-corrected chi connectivity index (χ1v) is 12.3. The number of anilines is 3. The van der Waals surface area contributed by atoms with Crippen LogP contribution in [0.5, 0.6) is 0 Å². The number of hydrogen-bond acceptors (Lipinski definition) is 9. The van der Waals surface area contributed by atoms with E-state index in [0.29, 0.717) is 12.5 Å². The molecule has 36 heavy (non-hydrogen) atoms. The number of aromatic nitrogens is 3. The van der Waals surface area contributed by atoms with Crippen LogP contribution in [0.1, 0.15) is 18.4 Å². The number of nitrogens with one attached hydrogen (secondary N) is 2. The molecular weight excluding hydrogens is 456 g/mol. The third-order valence-electron chi connectivity index (χ3n) is 6.03. The third-order valence-corrected chi connectivity index (χ3v) is 6.03. The zero-order valence-electron chi connectivity index (χ0n) is 20.4. The molecule has 0 bridgehead atoms. The average molecular weight is 491 g/mol. The summed E-state index contributed by atoms with van der Waals surface area (Å²) >= 11 is 0. The fourth-order valence-corrected chi connectivity index (χ4v) is 4.21. The molecule has 3 heterocycles. The van der Waals surface area contributed by atoms with E-state index < -0.39 is 5.97 Å². The highest BCUT2D eigenvalue weighted by atomic mass is 16.4. The van der Waals surface area contributed by atoms with Crippen molar-refractivity contribution < 1.29 is 9.90 Å². The Bertz CT molecular complexity index is 1120. The lowest BCUT2D eigenvalue weighted by Crippen LogP contribution is -2.34. The highest BCUT2D eigenvalue weighted by molar-refractivity contribution is 5.69. The number of hydrogen-bond donors (Lipinski definition) is 4. The summed E-state index contributed by atoms with van der Waals surface area (Å²) in [5, 5.41) is 15.6. The number of carbonyl (C=O) groups is 1. The van der Waals surface area contributed by atoms with Crippen LogP contribution in [-0.4, -0.2) is 81.6 Å². The van der Waals surface area contributed by atoms with Gasteiger partial charge < -0.3 is 21.5 Å². The minimum atomic E-state index is -0.767. The Balaban J connectivity index is 1.36. The quantitative estimate of drug-likeness (QED) is 0.297. The average Bonchev–Trinajstić information content (AvgIpc) is 3.09. The molecule has 190 valence electrons. The maximum atomic E-state index is 11.0. The zero-order chi connectivity index (χ0) is 25.2. The molecule has 1 aliphatic heterocycles. The molecule has 0 radical (unpaired) electrons.